The van der Waals surface area contributed by atoms with Crippen molar-refractivity contribution in [2.24, 2.45) is 7.05 Å². The summed E-state index contributed by atoms with van der Waals surface area (Å²) in [5.41, 5.74) is 2.98. The first-order chi connectivity index (χ1) is 13.6. The van der Waals surface area contributed by atoms with E-state index >= 15 is 0 Å². The number of nitrogens with zero attached hydrogens (tertiary/aromatic N) is 5. The van der Waals surface area contributed by atoms with Crippen molar-refractivity contribution in [1.82, 2.24) is 24.6 Å². The summed E-state index contributed by atoms with van der Waals surface area (Å²) in [5, 5.41) is 4.65. The SMILES string of the molecule is Br.COc1ccc(OC)c(C(=O)N2CCCC(c3nn(C)c4nccnc34)C2)c1. The minimum atomic E-state index is -0.0632. The molecule has 0 saturated carbocycles. The lowest BCUT2D eigenvalue weighted by Crippen LogP contribution is -2.39. The van der Waals surface area contributed by atoms with E-state index in [4.69, 9.17) is 9.47 Å². The third kappa shape index (κ3) is 3.91. The van der Waals surface area contributed by atoms with Crippen LogP contribution in [0.3, 0.4) is 0 Å². The molecule has 1 aliphatic heterocycles. The lowest BCUT2D eigenvalue weighted by atomic mass is 9.93. The monoisotopic (exact) mass is 461 g/mol. The largest absolute Gasteiger partial charge is 0.497 e. The molecule has 0 aliphatic carbocycles. The Hall–Kier alpha value is -2.68. The summed E-state index contributed by atoms with van der Waals surface area (Å²) in [4.78, 5) is 23.9. The third-order valence-corrected chi connectivity index (χ3v) is 5.22. The molecule has 3 aromatic rings. The minimum Gasteiger partial charge on any atom is -0.497 e. The van der Waals surface area contributed by atoms with Gasteiger partial charge in [0.05, 0.1) is 25.5 Å². The van der Waals surface area contributed by atoms with Gasteiger partial charge in [-0.1, -0.05) is 0 Å². The molecule has 2 aromatic heterocycles. The number of likely N-dealkylation sites (tertiary alicyclic amines) is 1. The van der Waals surface area contributed by atoms with Crippen molar-refractivity contribution in [2.45, 2.75) is 18.8 Å². The molecule has 1 saturated heterocycles. The molecule has 154 valence electrons. The molecule has 0 spiro atoms. The normalized spacial score (nSPS) is 16.4. The summed E-state index contributed by atoms with van der Waals surface area (Å²) < 4.78 is 12.4. The molecule has 9 heteroatoms. The lowest BCUT2D eigenvalue weighted by Gasteiger charge is -2.32. The molecule has 0 N–H and O–H groups in total. The highest BCUT2D eigenvalue weighted by molar-refractivity contribution is 8.93. The molecule has 1 amide bonds. The van der Waals surface area contributed by atoms with Gasteiger partial charge in [0.1, 0.15) is 17.0 Å². The van der Waals surface area contributed by atoms with Gasteiger partial charge in [0.2, 0.25) is 0 Å². The number of fused-ring (bicyclic) bond motifs is 1. The Labute approximate surface area is 179 Å². The van der Waals surface area contributed by atoms with Gasteiger partial charge in [-0.25, -0.2) is 14.6 Å². The van der Waals surface area contributed by atoms with E-state index in [1.54, 1.807) is 49.5 Å². The van der Waals surface area contributed by atoms with Gasteiger partial charge in [-0.15, -0.1) is 17.0 Å². The van der Waals surface area contributed by atoms with Crippen LogP contribution in [0.2, 0.25) is 0 Å². The molecule has 1 atom stereocenters. The fourth-order valence-corrected chi connectivity index (χ4v) is 3.82. The minimum absolute atomic E-state index is 0. The third-order valence-electron chi connectivity index (χ3n) is 5.22. The number of piperidine rings is 1. The van der Waals surface area contributed by atoms with Crippen molar-refractivity contribution >= 4 is 34.1 Å². The number of aromatic nitrogens is 4. The molecule has 29 heavy (non-hydrogen) atoms. The van der Waals surface area contributed by atoms with Gasteiger partial charge >= 0.3 is 0 Å². The summed E-state index contributed by atoms with van der Waals surface area (Å²) in [6, 6.07) is 5.27. The van der Waals surface area contributed by atoms with Crippen LogP contribution in [0.5, 0.6) is 11.5 Å². The molecule has 4 rings (SSSR count). The Bertz CT molecular complexity index is 1020. The van der Waals surface area contributed by atoms with Gasteiger partial charge in [0, 0.05) is 38.4 Å². The molecule has 1 aromatic carbocycles. The number of carbonyl (C=O) groups is 1. The Balaban J connectivity index is 0.00000240. The van der Waals surface area contributed by atoms with E-state index in [0.717, 1.165) is 29.7 Å². The first kappa shape index (κ1) is 21.0. The molecule has 0 radical (unpaired) electrons. The van der Waals surface area contributed by atoms with E-state index < -0.39 is 0 Å². The molecule has 1 aliphatic rings. The van der Waals surface area contributed by atoms with Crippen LogP contribution in [0.1, 0.15) is 34.8 Å². The first-order valence-corrected chi connectivity index (χ1v) is 9.27. The number of amides is 1. The summed E-state index contributed by atoms with van der Waals surface area (Å²) in [7, 11) is 5.02. The zero-order valence-corrected chi connectivity index (χ0v) is 18.4. The Morgan fingerprint density at radius 1 is 1.17 bits per heavy atom. The smallest absolute Gasteiger partial charge is 0.257 e. The van der Waals surface area contributed by atoms with E-state index in [9.17, 15) is 4.79 Å². The zero-order valence-electron chi connectivity index (χ0n) is 16.7. The predicted molar refractivity (Wildman–Crippen MR) is 114 cm³/mol. The van der Waals surface area contributed by atoms with Gasteiger partial charge in [-0.3, -0.25) is 4.79 Å². The van der Waals surface area contributed by atoms with Crippen LogP contribution in [0, 0.1) is 0 Å². The maximum absolute atomic E-state index is 13.2. The highest BCUT2D eigenvalue weighted by atomic mass is 79.9. The number of hydrogen-bond donors (Lipinski definition) is 0. The fourth-order valence-electron chi connectivity index (χ4n) is 3.82. The van der Waals surface area contributed by atoms with Crippen LogP contribution in [-0.4, -0.2) is 57.9 Å². The van der Waals surface area contributed by atoms with Crippen LogP contribution in [-0.2, 0) is 7.05 Å². The van der Waals surface area contributed by atoms with Crippen LogP contribution in [0.25, 0.3) is 11.2 Å². The maximum atomic E-state index is 13.2. The van der Waals surface area contributed by atoms with Gasteiger partial charge < -0.3 is 14.4 Å². The predicted octanol–water partition coefficient (Wildman–Crippen LogP) is 2.98. The van der Waals surface area contributed by atoms with Crippen molar-refractivity contribution in [2.75, 3.05) is 27.3 Å². The Morgan fingerprint density at radius 2 is 1.97 bits per heavy atom. The average molecular weight is 462 g/mol. The van der Waals surface area contributed by atoms with Gasteiger partial charge in [-0.05, 0) is 31.0 Å². The summed E-state index contributed by atoms with van der Waals surface area (Å²) in [6.07, 6.45) is 5.21. The summed E-state index contributed by atoms with van der Waals surface area (Å²) in [5.74, 6) is 1.23. The van der Waals surface area contributed by atoms with Crippen molar-refractivity contribution in [3.63, 3.8) is 0 Å². The second kappa shape index (κ2) is 8.77. The topological polar surface area (TPSA) is 82.4 Å². The van der Waals surface area contributed by atoms with Gasteiger partial charge in [0.15, 0.2) is 5.65 Å². The molecule has 8 nitrogen and oxygen atoms in total. The number of hydrogen-bond acceptors (Lipinski definition) is 6. The first-order valence-electron chi connectivity index (χ1n) is 9.27. The quantitative estimate of drug-likeness (QED) is 0.593. The van der Waals surface area contributed by atoms with Crippen molar-refractivity contribution in [1.29, 1.82) is 0 Å². The highest BCUT2D eigenvalue weighted by Crippen LogP contribution is 2.32. The van der Waals surface area contributed by atoms with Crippen LogP contribution in [0.4, 0.5) is 0 Å². The van der Waals surface area contributed by atoms with E-state index in [-0.39, 0.29) is 28.8 Å². The van der Waals surface area contributed by atoms with Crippen LogP contribution in [0.15, 0.2) is 30.6 Å². The second-order valence-corrected chi connectivity index (χ2v) is 6.89. The number of carbonyl (C=O) groups excluding carboxylic acids is 1. The Morgan fingerprint density at radius 3 is 2.72 bits per heavy atom. The second-order valence-electron chi connectivity index (χ2n) is 6.89. The summed E-state index contributed by atoms with van der Waals surface area (Å²) >= 11 is 0. The van der Waals surface area contributed by atoms with Crippen LogP contribution < -0.4 is 9.47 Å². The zero-order chi connectivity index (χ0) is 19.7. The Kier molecular flexibility index (Phi) is 6.36. The van der Waals surface area contributed by atoms with E-state index in [0.29, 0.717) is 30.2 Å². The number of methoxy groups -OCH3 is 2. The van der Waals surface area contributed by atoms with Crippen molar-refractivity contribution < 1.29 is 14.3 Å². The molecule has 1 unspecified atom stereocenters. The molecular weight excluding hydrogens is 438 g/mol. The van der Waals surface area contributed by atoms with Crippen molar-refractivity contribution in [3.8, 4) is 11.5 Å². The average Bonchev–Trinajstić information content (AvgIpc) is 3.09. The molecule has 0 bridgehead atoms. The number of aryl methyl sites for hydroxylation is 1. The summed E-state index contributed by atoms with van der Waals surface area (Å²) in [6.45, 7) is 1.29. The van der Waals surface area contributed by atoms with Crippen LogP contribution >= 0.6 is 17.0 Å². The number of halogens is 1. The standard InChI is InChI=1S/C20H23N5O3.BrH/c1-24-19-18(21-8-9-22-19)17(23-24)13-5-4-10-25(12-13)20(26)15-11-14(27-2)6-7-16(15)28-3;/h6-9,11,13H,4-5,10,12H2,1-3H3;1H. The van der Waals surface area contributed by atoms with E-state index in [1.807, 2.05) is 11.9 Å². The highest BCUT2D eigenvalue weighted by Gasteiger charge is 2.30. The molecule has 3 heterocycles. The van der Waals surface area contributed by atoms with E-state index in [2.05, 4.69) is 15.1 Å². The molecular formula is C20H24BrN5O3. The van der Waals surface area contributed by atoms with Gasteiger partial charge in [-0.2, -0.15) is 5.10 Å². The molecule has 1 fully saturated rings. The van der Waals surface area contributed by atoms with Crippen molar-refractivity contribution in [3.05, 3.63) is 41.9 Å². The number of benzene rings is 1. The maximum Gasteiger partial charge on any atom is 0.257 e. The van der Waals surface area contributed by atoms with E-state index in [1.165, 1.54) is 0 Å². The number of ether oxygens (including phenoxy) is 2. The number of rotatable bonds is 4. The lowest BCUT2D eigenvalue weighted by molar-refractivity contribution is 0.0702. The van der Waals surface area contributed by atoms with Gasteiger partial charge in [0.25, 0.3) is 5.91 Å². The fraction of sp³-hybridized carbons (Fsp3) is 0.400.